The number of rotatable bonds is 4. The summed E-state index contributed by atoms with van der Waals surface area (Å²) in [6, 6.07) is 3.50. The van der Waals surface area contributed by atoms with Crippen LogP contribution in [0.25, 0.3) is 6.08 Å². The van der Waals surface area contributed by atoms with E-state index in [0.717, 1.165) is 4.90 Å². The molecule has 7 heteroatoms. The molecule has 1 aromatic rings. The highest BCUT2D eigenvalue weighted by atomic mass is 16.6. The van der Waals surface area contributed by atoms with Crippen molar-refractivity contribution in [3.63, 3.8) is 0 Å². The molecule has 2 aliphatic heterocycles. The zero-order valence-electron chi connectivity index (χ0n) is 11.2. The Kier molecular flexibility index (Phi) is 3.47. The van der Waals surface area contributed by atoms with Crippen molar-refractivity contribution < 1.29 is 23.5 Å². The molecule has 2 fully saturated rings. The first kappa shape index (κ1) is 13.4. The number of hydrogen-bond donors (Lipinski definition) is 0. The number of imide groups is 1. The zero-order chi connectivity index (χ0) is 14.8. The van der Waals surface area contributed by atoms with E-state index in [9.17, 15) is 14.4 Å². The minimum absolute atomic E-state index is 0.112. The summed E-state index contributed by atoms with van der Waals surface area (Å²) < 4.78 is 9.73. The molecule has 3 amide bonds. The van der Waals surface area contributed by atoms with Crippen LogP contribution in [0.5, 0.6) is 0 Å². The third-order valence-corrected chi connectivity index (χ3v) is 3.48. The smallest absolute Gasteiger partial charge is 0.417 e. The highest BCUT2D eigenvalue weighted by Crippen LogP contribution is 2.19. The second kappa shape index (κ2) is 5.43. The first-order valence-corrected chi connectivity index (χ1v) is 6.61. The number of likely N-dealkylation sites (tertiary alicyclic amines) is 1. The maximum absolute atomic E-state index is 11.9. The summed E-state index contributed by atoms with van der Waals surface area (Å²) in [6.45, 7) is 1.18. The number of cyclic esters (lactones) is 1. The van der Waals surface area contributed by atoms with Crippen LogP contribution >= 0.6 is 0 Å². The Balaban J connectivity index is 1.46. The van der Waals surface area contributed by atoms with Gasteiger partial charge in [0.2, 0.25) is 5.91 Å². The van der Waals surface area contributed by atoms with Gasteiger partial charge in [-0.1, -0.05) is 0 Å². The number of hydrogen-bond acceptors (Lipinski definition) is 5. The third kappa shape index (κ3) is 2.81. The van der Waals surface area contributed by atoms with E-state index in [0.29, 0.717) is 25.4 Å². The Morgan fingerprint density at radius 2 is 2.19 bits per heavy atom. The van der Waals surface area contributed by atoms with Crippen LogP contribution in [-0.2, 0) is 14.3 Å². The van der Waals surface area contributed by atoms with Crippen LogP contribution in [-0.4, -0.2) is 53.9 Å². The third-order valence-electron chi connectivity index (χ3n) is 3.48. The van der Waals surface area contributed by atoms with Gasteiger partial charge in [0.1, 0.15) is 5.76 Å². The molecule has 1 aromatic heterocycles. The molecule has 0 saturated carbocycles. The average molecular weight is 290 g/mol. The SMILES string of the molecule is O=C(/C=C/c1ccco1)N1CC(CN2C(=O)COC2=O)C1. The van der Waals surface area contributed by atoms with Gasteiger partial charge in [-0.2, -0.15) is 0 Å². The standard InChI is InChI=1S/C14H14N2O5/c17-12(4-3-11-2-1-5-20-11)15-6-10(7-15)8-16-13(18)9-21-14(16)19/h1-5,10H,6-9H2/b4-3+. The molecule has 0 N–H and O–H groups in total. The first-order chi connectivity index (χ1) is 10.1. The Bertz CT molecular complexity index is 571. The van der Waals surface area contributed by atoms with Crippen LogP contribution in [0.1, 0.15) is 5.76 Å². The van der Waals surface area contributed by atoms with Crippen molar-refractivity contribution in [1.82, 2.24) is 9.80 Å². The first-order valence-electron chi connectivity index (χ1n) is 6.61. The fraction of sp³-hybridized carbons (Fsp3) is 0.357. The molecular formula is C14H14N2O5. The van der Waals surface area contributed by atoms with Gasteiger partial charge in [0, 0.05) is 31.6 Å². The number of furan rings is 1. The molecule has 2 aliphatic rings. The Morgan fingerprint density at radius 3 is 2.81 bits per heavy atom. The van der Waals surface area contributed by atoms with E-state index in [1.54, 1.807) is 23.1 Å². The van der Waals surface area contributed by atoms with Crippen LogP contribution in [0, 0.1) is 5.92 Å². The number of carbonyl (C=O) groups is 3. The van der Waals surface area contributed by atoms with Crippen molar-refractivity contribution >= 4 is 24.0 Å². The molecule has 0 bridgehead atoms. The van der Waals surface area contributed by atoms with Crippen molar-refractivity contribution in [2.75, 3.05) is 26.2 Å². The minimum atomic E-state index is -0.595. The maximum atomic E-state index is 11.9. The second-order valence-electron chi connectivity index (χ2n) is 5.02. The van der Waals surface area contributed by atoms with E-state index in [-0.39, 0.29) is 24.3 Å². The topological polar surface area (TPSA) is 80.1 Å². The zero-order valence-corrected chi connectivity index (χ0v) is 11.2. The number of amides is 3. The van der Waals surface area contributed by atoms with Crippen molar-refractivity contribution in [1.29, 1.82) is 0 Å². The summed E-state index contributed by atoms with van der Waals surface area (Å²) >= 11 is 0. The lowest BCUT2D eigenvalue weighted by molar-refractivity contribution is -0.133. The fourth-order valence-electron chi connectivity index (χ4n) is 2.33. The molecule has 2 saturated heterocycles. The van der Waals surface area contributed by atoms with E-state index < -0.39 is 6.09 Å². The van der Waals surface area contributed by atoms with Gasteiger partial charge in [-0.15, -0.1) is 0 Å². The van der Waals surface area contributed by atoms with E-state index in [1.165, 1.54) is 12.3 Å². The Labute approximate surface area is 120 Å². The van der Waals surface area contributed by atoms with Crippen molar-refractivity contribution in [3.8, 4) is 0 Å². The summed E-state index contributed by atoms with van der Waals surface area (Å²) in [7, 11) is 0. The minimum Gasteiger partial charge on any atom is -0.465 e. The molecule has 0 spiro atoms. The van der Waals surface area contributed by atoms with E-state index in [2.05, 4.69) is 4.74 Å². The van der Waals surface area contributed by atoms with Gasteiger partial charge >= 0.3 is 6.09 Å². The predicted octanol–water partition coefficient (Wildman–Crippen LogP) is 0.730. The molecule has 3 heterocycles. The van der Waals surface area contributed by atoms with Gasteiger partial charge in [-0.3, -0.25) is 9.59 Å². The molecule has 0 aromatic carbocycles. The molecule has 0 radical (unpaired) electrons. The number of nitrogens with zero attached hydrogens (tertiary/aromatic N) is 2. The monoisotopic (exact) mass is 290 g/mol. The van der Waals surface area contributed by atoms with E-state index >= 15 is 0 Å². The van der Waals surface area contributed by atoms with Crippen LogP contribution in [0.3, 0.4) is 0 Å². The molecule has 0 aliphatic carbocycles. The van der Waals surface area contributed by atoms with Gasteiger partial charge in [-0.05, 0) is 18.2 Å². The fourth-order valence-corrected chi connectivity index (χ4v) is 2.33. The molecule has 7 nitrogen and oxygen atoms in total. The highest BCUT2D eigenvalue weighted by Gasteiger charge is 2.37. The van der Waals surface area contributed by atoms with Crippen molar-refractivity contribution in [2.45, 2.75) is 0 Å². The van der Waals surface area contributed by atoms with Gasteiger partial charge in [0.05, 0.1) is 6.26 Å². The lowest BCUT2D eigenvalue weighted by Crippen LogP contribution is -2.54. The largest absolute Gasteiger partial charge is 0.465 e. The summed E-state index contributed by atoms with van der Waals surface area (Å²) in [5, 5.41) is 0. The van der Waals surface area contributed by atoms with Crippen LogP contribution in [0.4, 0.5) is 4.79 Å². The average Bonchev–Trinajstić information content (AvgIpc) is 3.03. The molecule has 0 unspecified atom stereocenters. The summed E-state index contributed by atoms with van der Waals surface area (Å²) in [6.07, 6.45) is 4.00. The van der Waals surface area contributed by atoms with Gasteiger partial charge in [0.15, 0.2) is 6.61 Å². The lowest BCUT2D eigenvalue weighted by Gasteiger charge is -2.39. The van der Waals surface area contributed by atoms with Crippen molar-refractivity contribution in [3.05, 3.63) is 30.2 Å². The molecule has 3 rings (SSSR count). The molecule has 21 heavy (non-hydrogen) atoms. The quantitative estimate of drug-likeness (QED) is 0.764. The maximum Gasteiger partial charge on any atom is 0.417 e. The summed E-state index contributed by atoms with van der Waals surface area (Å²) in [5.74, 6) is 0.298. The lowest BCUT2D eigenvalue weighted by atomic mass is 9.99. The summed E-state index contributed by atoms with van der Waals surface area (Å²) in [5.41, 5.74) is 0. The van der Waals surface area contributed by atoms with E-state index in [4.69, 9.17) is 4.42 Å². The van der Waals surface area contributed by atoms with Gasteiger partial charge in [0.25, 0.3) is 5.91 Å². The Hall–Kier alpha value is -2.57. The highest BCUT2D eigenvalue weighted by molar-refractivity contribution is 5.97. The normalized spacial score (nSPS) is 19.2. The number of carbonyl (C=O) groups excluding carboxylic acids is 3. The molecule has 0 atom stereocenters. The van der Waals surface area contributed by atoms with E-state index in [1.807, 2.05) is 0 Å². The van der Waals surface area contributed by atoms with Crippen LogP contribution < -0.4 is 0 Å². The van der Waals surface area contributed by atoms with Crippen LogP contribution in [0.15, 0.2) is 28.9 Å². The number of ether oxygens (including phenoxy) is 1. The molecule has 110 valence electrons. The van der Waals surface area contributed by atoms with Crippen LogP contribution in [0.2, 0.25) is 0 Å². The van der Waals surface area contributed by atoms with Crippen molar-refractivity contribution in [2.24, 2.45) is 5.92 Å². The van der Waals surface area contributed by atoms with Gasteiger partial charge in [-0.25, -0.2) is 9.69 Å². The van der Waals surface area contributed by atoms with Gasteiger partial charge < -0.3 is 14.1 Å². The second-order valence-corrected chi connectivity index (χ2v) is 5.02. The predicted molar refractivity (Wildman–Crippen MR) is 70.9 cm³/mol. The molecular weight excluding hydrogens is 276 g/mol. The Morgan fingerprint density at radius 1 is 1.38 bits per heavy atom. The summed E-state index contributed by atoms with van der Waals surface area (Å²) in [4.78, 5) is 37.3.